The highest BCUT2D eigenvalue weighted by Gasteiger charge is 2.11. The van der Waals surface area contributed by atoms with Crippen LogP contribution in [0.4, 0.5) is 5.69 Å². The Kier molecular flexibility index (Phi) is 5.01. The molecule has 0 bridgehead atoms. The zero-order valence-corrected chi connectivity index (χ0v) is 15.3. The molecular formula is C20H17N3O2S. The summed E-state index contributed by atoms with van der Waals surface area (Å²) < 4.78 is 2.72. The van der Waals surface area contributed by atoms with E-state index in [-0.39, 0.29) is 11.8 Å². The number of rotatable bonds is 3. The number of thiazole rings is 1. The fourth-order valence-electron chi connectivity index (χ4n) is 2.64. The van der Waals surface area contributed by atoms with Crippen molar-refractivity contribution in [1.29, 1.82) is 0 Å². The summed E-state index contributed by atoms with van der Waals surface area (Å²) in [6.45, 7) is 3.64. The summed E-state index contributed by atoms with van der Waals surface area (Å²) in [5, 5.41) is 2.75. The van der Waals surface area contributed by atoms with Gasteiger partial charge in [-0.2, -0.15) is 4.99 Å². The number of benzene rings is 2. The van der Waals surface area contributed by atoms with Gasteiger partial charge < -0.3 is 9.88 Å². The van der Waals surface area contributed by atoms with E-state index in [1.807, 2.05) is 41.8 Å². The number of hydrogen-bond donors (Lipinski definition) is 1. The van der Waals surface area contributed by atoms with Gasteiger partial charge in [0.05, 0.1) is 16.8 Å². The van der Waals surface area contributed by atoms with Crippen LogP contribution in [0.5, 0.6) is 0 Å². The van der Waals surface area contributed by atoms with Crippen LogP contribution in [0, 0.1) is 19.3 Å². The number of aromatic nitrogens is 1. The van der Waals surface area contributed by atoms with Crippen LogP contribution in [0.15, 0.2) is 47.5 Å². The SMILES string of the molecule is C#CCn1c(=NC(=O)c2ccccc2C)sc2cc(NC(C)=O)ccc21. The summed E-state index contributed by atoms with van der Waals surface area (Å²) in [5.74, 6) is 2.16. The zero-order chi connectivity index (χ0) is 18.7. The average molecular weight is 363 g/mol. The van der Waals surface area contributed by atoms with E-state index in [0.717, 1.165) is 15.8 Å². The molecule has 0 aliphatic carbocycles. The lowest BCUT2D eigenvalue weighted by Crippen LogP contribution is -2.16. The van der Waals surface area contributed by atoms with Crippen molar-refractivity contribution in [1.82, 2.24) is 4.57 Å². The molecule has 130 valence electrons. The van der Waals surface area contributed by atoms with E-state index < -0.39 is 0 Å². The minimum atomic E-state index is -0.303. The van der Waals surface area contributed by atoms with Gasteiger partial charge in [-0.15, -0.1) is 6.42 Å². The minimum Gasteiger partial charge on any atom is -0.326 e. The second-order valence-corrected chi connectivity index (χ2v) is 6.78. The number of carbonyl (C=O) groups is 2. The Hall–Kier alpha value is -3.17. The van der Waals surface area contributed by atoms with Crippen LogP contribution in [-0.4, -0.2) is 16.4 Å². The van der Waals surface area contributed by atoms with Gasteiger partial charge in [0.25, 0.3) is 5.91 Å². The van der Waals surface area contributed by atoms with E-state index >= 15 is 0 Å². The van der Waals surface area contributed by atoms with Gasteiger partial charge in [-0.05, 0) is 36.8 Å². The van der Waals surface area contributed by atoms with E-state index in [1.165, 1.54) is 18.3 Å². The van der Waals surface area contributed by atoms with Gasteiger partial charge in [0.1, 0.15) is 0 Å². The van der Waals surface area contributed by atoms with Gasteiger partial charge in [0, 0.05) is 18.2 Å². The highest BCUT2D eigenvalue weighted by Crippen LogP contribution is 2.22. The molecule has 3 aromatic rings. The van der Waals surface area contributed by atoms with E-state index in [4.69, 9.17) is 6.42 Å². The van der Waals surface area contributed by atoms with Crippen LogP contribution in [0.1, 0.15) is 22.8 Å². The Bertz CT molecular complexity index is 1120. The zero-order valence-electron chi connectivity index (χ0n) is 14.4. The van der Waals surface area contributed by atoms with E-state index in [9.17, 15) is 9.59 Å². The molecule has 3 rings (SSSR count). The van der Waals surface area contributed by atoms with Crippen molar-refractivity contribution in [3.8, 4) is 12.3 Å². The molecule has 2 amide bonds. The van der Waals surface area contributed by atoms with E-state index in [2.05, 4.69) is 16.2 Å². The van der Waals surface area contributed by atoms with Crippen molar-refractivity contribution in [3.63, 3.8) is 0 Å². The van der Waals surface area contributed by atoms with E-state index in [1.54, 1.807) is 12.1 Å². The number of aryl methyl sites for hydroxylation is 1. The predicted octanol–water partition coefficient (Wildman–Crippen LogP) is 3.34. The molecule has 0 saturated heterocycles. The van der Waals surface area contributed by atoms with Crippen molar-refractivity contribution in [2.75, 3.05) is 5.32 Å². The van der Waals surface area contributed by atoms with Crippen LogP contribution in [0.3, 0.4) is 0 Å². The third-order valence-corrected chi connectivity index (χ3v) is 4.87. The summed E-state index contributed by atoms with van der Waals surface area (Å²) in [7, 11) is 0. The quantitative estimate of drug-likeness (QED) is 0.726. The first-order chi connectivity index (χ1) is 12.5. The number of terminal acetylenes is 1. The smallest absolute Gasteiger partial charge is 0.279 e. The van der Waals surface area contributed by atoms with Crippen LogP contribution in [-0.2, 0) is 11.3 Å². The first-order valence-corrected chi connectivity index (χ1v) is 8.80. The van der Waals surface area contributed by atoms with Crippen molar-refractivity contribution >= 4 is 39.1 Å². The lowest BCUT2D eigenvalue weighted by atomic mass is 10.1. The summed E-state index contributed by atoms with van der Waals surface area (Å²) in [6.07, 6.45) is 5.49. The molecule has 0 radical (unpaired) electrons. The van der Waals surface area contributed by atoms with Crippen molar-refractivity contribution in [2.45, 2.75) is 20.4 Å². The lowest BCUT2D eigenvalue weighted by molar-refractivity contribution is -0.114. The standard InChI is InChI=1S/C20H17N3O2S/c1-4-11-23-17-10-9-15(21-14(3)24)12-18(17)26-20(23)22-19(25)16-8-6-5-7-13(16)2/h1,5-10,12H,11H2,2-3H3,(H,21,24). The van der Waals surface area contributed by atoms with Gasteiger partial charge in [-0.1, -0.05) is 35.5 Å². The maximum Gasteiger partial charge on any atom is 0.279 e. The van der Waals surface area contributed by atoms with Gasteiger partial charge in [-0.3, -0.25) is 9.59 Å². The van der Waals surface area contributed by atoms with Crippen molar-refractivity contribution in [2.24, 2.45) is 4.99 Å². The molecular weight excluding hydrogens is 346 g/mol. The molecule has 0 saturated carbocycles. The number of amides is 2. The third-order valence-electron chi connectivity index (χ3n) is 3.83. The molecule has 0 aliphatic heterocycles. The number of nitrogens with one attached hydrogen (secondary N) is 1. The molecule has 0 unspecified atom stereocenters. The Morgan fingerprint density at radius 2 is 2.04 bits per heavy atom. The molecule has 0 spiro atoms. The Balaban J connectivity index is 2.13. The van der Waals surface area contributed by atoms with E-state index in [0.29, 0.717) is 22.6 Å². The maximum atomic E-state index is 12.6. The molecule has 2 aromatic carbocycles. The van der Waals surface area contributed by atoms with Gasteiger partial charge in [0.15, 0.2) is 4.80 Å². The lowest BCUT2D eigenvalue weighted by Gasteiger charge is -2.03. The molecule has 0 fully saturated rings. The first kappa shape index (κ1) is 17.6. The second-order valence-electron chi connectivity index (χ2n) is 5.77. The second kappa shape index (κ2) is 7.38. The summed E-state index contributed by atoms with van der Waals surface area (Å²) >= 11 is 1.36. The van der Waals surface area contributed by atoms with Crippen molar-refractivity contribution < 1.29 is 9.59 Å². The highest BCUT2D eigenvalue weighted by atomic mass is 32.1. The predicted molar refractivity (Wildman–Crippen MR) is 104 cm³/mol. The highest BCUT2D eigenvalue weighted by molar-refractivity contribution is 7.16. The summed E-state index contributed by atoms with van der Waals surface area (Å²) in [5.41, 5.74) is 3.00. The number of carbonyl (C=O) groups excluding carboxylic acids is 2. The molecule has 0 aliphatic rings. The molecule has 6 heteroatoms. The molecule has 1 aromatic heterocycles. The largest absolute Gasteiger partial charge is 0.326 e. The number of nitrogens with zero attached hydrogens (tertiary/aromatic N) is 2. The Morgan fingerprint density at radius 3 is 2.73 bits per heavy atom. The normalized spacial score (nSPS) is 11.3. The Labute approximate surface area is 155 Å². The summed E-state index contributed by atoms with van der Waals surface area (Å²) in [6, 6.07) is 12.9. The van der Waals surface area contributed by atoms with Crippen molar-refractivity contribution in [3.05, 3.63) is 58.4 Å². The van der Waals surface area contributed by atoms with Gasteiger partial charge in [0.2, 0.25) is 5.91 Å². The summed E-state index contributed by atoms with van der Waals surface area (Å²) in [4.78, 5) is 28.7. The van der Waals surface area contributed by atoms with Gasteiger partial charge >= 0.3 is 0 Å². The van der Waals surface area contributed by atoms with Crippen LogP contribution >= 0.6 is 11.3 Å². The first-order valence-electron chi connectivity index (χ1n) is 7.98. The molecule has 0 atom stereocenters. The molecule has 1 N–H and O–H groups in total. The fraction of sp³-hybridized carbons (Fsp3) is 0.150. The monoisotopic (exact) mass is 363 g/mol. The molecule has 1 heterocycles. The maximum absolute atomic E-state index is 12.6. The van der Waals surface area contributed by atoms with Crippen LogP contribution in [0.25, 0.3) is 10.2 Å². The third kappa shape index (κ3) is 3.58. The Morgan fingerprint density at radius 1 is 1.27 bits per heavy atom. The van der Waals surface area contributed by atoms with Crippen LogP contribution < -0.4 is 10.1 Å². The number of anilines is 1. The fourth-order valence-corrected chi connectivity index (χ4v) is 3.71. The van der Waals surface area contributed by atoms with Gasteiger partial charge in [-0.25, -0.2) is 0 Å². The van der Waals surface area contributed by atoms with Crippen LogP contribution in [0.2, 0.25) is 0 Å². The minimum absolute atomic E-state index is 0.142. The molecule has 5 nitrogen and oxygen atoms in total. The molecule has 26 heavy (non-hydrogen) atoms. The topological polar surface area (TPSA) is 63.5 Å². The number of hydrogen-bond acceptors (Lipinski definition) is 3. The average Bonchev–Trinajstić information content (AvgIpc) is 2.91. The number of fused-ring (bicyclic) bond motifs is 1.